The molecule has 0 aliphatic rings. The van der Waals surface area contributed by atoms with Crippen molar-refractivity contribution in [2.24, 2.45) is 5.73 Å². The van der Waals surface area contributed by atoms with Gasteiger partial charge in [0.05, 0.1) is 5.02 Å². The molecule has 2 aromatic rings. The van der Waals surface area contributed by atoms with Crippen molar-refractivity contribution in [1.82, 2.24) is 0 Å². The van der Waals surface area contributed by atoms with Gasteiger partial charge in [-0.2, -0.15) is 0 Å². The molecule has 2 nitrogen and oxygen atoms in total. The predicted octanol–water partition coefficient (Wildman–Crippen LogP) is 4.98. The van der Waals surface area contributed by atoms with Gasteiger partial charge in [0, 0.05) is 11.1 Å². The van der Waals surface area contributed by atoms with E-state index in [4.69, 9.17) is 33.7 Å². The van der Waals surface area contributed by atoms with Gasteiger partial charge in [0.25, 0.3) is 0 Å². The summed E-state index contributed by atoms with van der Waals surface area (Å²) in [4.78, 5) is 0. The molecule has 0 aliphatic carbocycles. The summed E-state index contributed by atoms with van der Waals surface area (Å²) in [6.07, 6.45) is 0.711. The standard InChI is InChI=1S/C16H17Cl2NO/c1-10-8-13(6-7-14(10)17)20-16-12(9-11(2)19)4-3-5-15(16)18/h3-8,11H,9,19H2,1-2H3. The van der Waals surface area contributed by atoms with Gasteiger partial charge in [-0.1, -0.05) is 35.3 Å². The highest BCUT2D eigenvalue weighted by molar-refractivity contribution is 6.32. The number of hydrogen-bond donors (Lipinski definition) is 1. The van der Waals surface area contributed by atoms with E-state index in [9.17, 15) is 0 Å². The Labute approximate surface area is 129 Å². The van der Waals surface area contributed by atoms with Crippen LogP contribution in [0.25, 0.3) is 0 Å². The number of hydrogen-bond acceptors (Lipinski definition) is 2. The van der Waals surface area contributed by atoms with Crippen LogP contribution in [0.5, 0.6) is 11.5 Å². The van der Waals surface area contributed by atoms with Crippen molar-refractivity contribution in [3.63, 3.8) is 0 Å². The minimum atomic E-state index is 0.0442. The fourth-order valence-corrected chi connectivity index (χ4v) is 2.32. The van der Waals surface area contributed by atoms with Gasteiger partial charge in [-0.25, -0.2) is 0 Å². The maximum atomic E-state index is 6.24. The van der Waals surface area contributed by atoms with E-state index in [1.807, 2.05) is 50.2 Å². The first kappa shape index (κ1) is 15.2. The Morgan fingerprint density at radius 1 is 1.15 bits per heavy atom. The zero-order valence-corrected chi connectivity index (χ0v) is 13.0. The van der Waals surface area contributed by atoms with Gasteiger partial charge in [-0.05, 0) is 55.7 Å². The molecule has 2 rings (SSSR count). The lowest BCUT2D eigenvalue weighted by Crippen LogP contribution is -2.18. The molecule has 0 saturated carbocycles. The Hall–Kier alpha value is -1.22. The van der Waals surface area contributed by atoms with Crippen molar-refractivity contribution in [3.8, 4) is 11.5 Å². The van der Waals surface area contributed by atoms with Crippen molar-refractivity contribution in [2.75, 3.05) is 0 Å². The van der Waals surface area contributed by atoms with E-state index in [-0.39, 0.29) is 6.04 Å². The van der Waals surface area contributed by atoms with Crippen LogP contribution < -0.4 is 10.5 Å². The summed E-state index contributed by atoms with van der Waals surface area (Å²) < 4.78 is 5.93. The smallest absolute Gasteiger partial charge is 0.149 e. The van der Waals surface area contributed by atoms with Crippen LogP contribution in [0.2, 0.25) is 10.0 Å². The second kappa shape index (κ2) is 6.49. The second-order valence-electron chi connectivity index (χ2n) is 4.92. The summed E-state index contributed by atoms with van der Waals surface area (Å²) in [5, 5.41) is 1.29. The lowest BCUT2D eigenvalue weighted by atomic mass is 10.1. The first-order valence-corrected chi connectivity index (χ1v) is 7.20. The summed E-state index contributed by atoms with van der Waals surface area (Å²) >= 11 is 12.3. The third kappa shape index (κ3) is 3.66. The predicted molar refractivity (Wildman–Crippen MR) is 85.1 cm³/mol. The SMILES string of the molecule is Cc1cc(Oc2c(Cl)cccc2CC(C)N)ccc1Cl. The van der Waals surface area contributed by atoms with E-state index in [2.05, 4.69) is 0 Å². The highest BCUT2D eigenvalue weighted by Crippen LogP contribution is 2.34. The Morgan fingerprint density at radius 2 is 1.90 bits per heavy atom. The van der Waals surface area contributed by atoms with E-state index in [1.54, 1.807) is 0 Å². The minimum Gasteiger partial charge on any atom is -0.456 e. The molecule has 0 saturated heterocycles. The molecule has 0 fully saturated rings. The third-order valence-electron chi connectivity index (χ3n) is 2.94. The van der Waals surface area contributed by atoms with Crippen LogP contribution in [0.4, 0.5) is 0 Å². The van der Waals surface area contributed by atoms with Crippen LogP contribution in [-0.2, 0) is 6.42 Å². The molecular formula is C16H17Cl2NO. The molecule has 0 bridgehead atoms. The molecule has 0 radical (unpaired) electrons. The van der Waals surface area contributed by atoms with E-state index in [1.165, 1.54) is 0 Å². The minimum absolute atomic E-state index is 0.0442. The Kier molecular flexibility index (Phi) is 4.92. The second-order valence-corrected chi connectivity index (χ2v) is 5.74. The zero-order valence-electron chi connectivity index (χ0n) is 11.5. The fourth-order valence-electron chi connectivity index (χ4n) is 1.97. The monoisotopic (exact) mass is 309 g/mol. The molecule has 106 valence electrons. The summed E-state index contributed by atoms with van der Waals surface area (Å²) in [7, 11) is 0. The summed E-state index contributed by atoms with van der Waals surface area (Å²) in [6, 6.07) is 11.3. The van der Waals surface area contributed by atoms with Crippen LogP contribution in [0.1, 0.15) is 18.1 Å². The molecule has 0 heterocycles. The summed E-state index contributed by atoms with van der Waals surface area (Å²) in [6.45, 7) is 3.89. The van der Waals surface area contributed by atoms with Gasteiger partial charge in [-0.15, -0.1) is 0 Å². The lowest BCUT2D eigenvalue weighted by Gasteiger charge is -2.15. The molecule has 1 unspecified atom stereocenters. The zero-order chi connectivity index (χ0) is 14.7. The topological polar surface area (TPSA) is 35.2 Å². The molecule has 2 N–H and O–H groups in total. The first-order valence-electron chi connectivity index (χ1n) is 6.44. The van der Waals surface area contributed by atoms with Gasteiger partial charge in [0.15, 0.2) is 0 Å². The van der Waals surface area contributed by atoms with Gasteiger partial charge in [0.1, 0.15) is 11.5 Å². The Bertz CT molecular complexity index is 611. The fraction of sp³-hybridized carbons (Fsp3) is 0.250. The van der Waals surface area contributed by atoms with Crippen LogP contribution >= 0.6 is 23.2 Å². The van der Waals surface area contributed by atoms with Crippen LogP contribution in [0.3, 0.4) is 0 Å². The number of ether oxygens (including phenoxy) is 1. The van der Waals surface area contributed by atoms with Gasteiger partial charge in [0.2, 0.25) is 0 Å². The van der Waals surface area contributed by atoms with Gasteiger partial charge >= 0.3 is 0 Å². The average molecular weight is 310 g/mol. The molecule has 0 aromatic heterocycles. The molecule has 20 heavy (non-hydrogen) atoms. The Balaban J connectivity index is 2.34. The Morgan fingerprint density at radius 3 is 2.55 bits per heavy atom. The number of para-hydroxylation sites is 1. The molecule has 0 aliphatic heterocycles. The molecule has 1 atom stereocenters. The first-order chi connectivity index (χ1) is 9.47. The molecule has 4 heteroatoms. The highest BCUT2D eigenvalue weighted by atomic mass is 35.5. The lowest BCUT2D eigenvalue weighted by molar-refractivity contribution is 0.473. The highest BCUT2D eigenvalue weighted by Gasteiger charge is 2.11. The number of rotatable bonds is 4. The van der Waals surface area contributed by atoms with Crippen molar-refractivity contribution in [3.05, 3.63) is 57.6 Å². The van der Waals surface area contributed by atoms with E-state index in [0.29, 0.717) is 28.0 Å². The number of nitrogens with two attached hydrogens (primary N) is 1. The van der Waals surface area contributed by atoms with Crippen LogP contribution in [-0.4, -0.2) is 6.04 Å². The van der Waals surface area contributed by atoms with Crippen molar-refractivity contribution in [2.45, 2.75) is 26.3 Å². The quantitative estimate of drug-likeness (QED) is 0.864. The van der Waals surface area contributed by atoms with E-state index >= 15 is 0 Å². The van der Waals surface area contributed by atoms with Gasteiger partial charge in [-0.3, -0.25) is 0 Å². The van der Waals surface area contributed by atoms with Crippen LogP contribution in [0.15, 0.2) is 36.4 Å². The maximum absolute atomic E-state index is 6.24. The number of benzene rings is 2. The maximum Gasteiger partial charge on any atom is 0.149 e. The van der Waals surface area contributed by atoms with Crippen molar-refractivity contribution in [1.29, 1.82) is 0 Å². The summed E-state index contributed by atoms with van der Waals surface area (Å²) in [5.74, 6) is 1.37. The largest absolute Gasteiger partial charge is 0.456 e. The van der Waals surface area contributed by atoms with Gasteiger partial charge < -0.3 is 10.5 Å². The molecular weight excluding hydrogens is 293 g/mol. The normalized spacial score (nSPS) is 12.2. The van der Waals surface area contributed by atoms with Crippen molar-refractivity contribution >= 4 is 23.2 Å². The molecule has 0 spiro atoms. The molecule has 2 aromatic carbocycles. The summed E-state index contributed by atoms with van der Waals surface area (Å²) in [5.41, 5.74) is 7.83. The average Bonchev–Trinajstić information content (AvgIpc) is 2.37. The molecule has 0 amide bonds. The van der Waals surface area contributed by atoms with E-state index < -0.39 is 0 Å². The number of aryl methyl sites for hydroxylation is 1. The van der Waals surface area contributed by atoms with Crippen LogP contribution in [0, 0.1) is 6.92 Å². The third-order valence-corrected chi connectivity index (χ3v) is 3.66. The number of halogens is 2. The van der Waals surface area contributed by atoms with E-state index in [0.717, 1.165) is 11.1 Å². The van der Waals surface area contributed by atoms with Crippen molar-refractivity contribution < 1.29 is 4.74 Å².